The summed E-state index contributed by atoms with van der Waals surface area (Å²) in [6, 6.07) is 1.60. The zero-order chi connectivity index (χ0) is 26.8. The van der Waals surface area contributed by atoms with Crippen molar-refractivity contribution in [3.63, 3.8) is 0 Å². The van der Waals surface area contributed by atoms with E-state index in [1.54, 1.807) is 19.9 Å². The minimum atomic E-state index is -2.82. The van der Waals surface area contributed by atoms with Gasteiger partial charge in [0.05, 0.1) is 17.9 Å². The van der Waals surface area contributed by atoms with E-state index in [9.17, 15) is 23.2 Å². The molecule has 1 amide bonds. The molecule has 6 rings (SSSR count). The number of halogens is 2. The zero-order valence-electron chi connectivity index (χ0n) is 21.0. The SMILES string of the molecule is CCOC(=O)[C@H]1CCc2c(sc3ncnc(Nc4cc(C)c5n(c4=O)C4(CCC(F)(F)CC4)NC5=O)c23)C1. The molecule has 38 heavy (non-hydrogen) atoms. The van der Waals surface area contributed by atoms with Crippen molar-refractivity contribution in [1.29, 1.82) is 0 Å². The number of nitrogens with one attached hydrogen (secondary N) is 2. The Morgan fingerprint density at radius 3 is 2.76 bits per heavy atom. The maximum atomic E-state index is 14.0. The number of hydrogen-bond acceptors (Lipinski definition) is 8. The number of carbonyl (C=O) groups is 2. The Labute approximate surface area is 220 Å². The highest BCUT2D eigenvalue weighted by Gasteiger charge is 2.51. The number of carbonyl (C=O) groups excluding carboxylic acids is 2. The maximum absolute atomic E-state index is 14.0. The van der Waals surface area contributed by atoms with E-state index in [1.165, 1.54) is 22.2 Å². The van der Waals surface area contributed by atoms with E-state index in [-0.39, 0.29) is 36.1 Å². The molecule has 2 aliphatic carbocycles. The second-order valence-corrected chi connectivity index (χ2v) is 11.4. The number of aromatic nitrogens is 3. The second kappa shape index (κ2) is 8.82. The van der Waals surface area contributed by atoms with Gasteiger partial charge in [0.15, 0.2) is 0 Å². The summed E-state index contributed by atoms with van der Waals surface area (Å²) in [5.74, 6) is -3.18. The van der Waals surface area contributed by atoms with Gasteiger partial charge in [-0.25, -0.2) is 18.7 Å². The standard InChI is InChI=1S/C26H27F2N5O4S/c1-3-37-24(36)14-4-5-15-17(11-14)38-22-18(15)20(29-12-30-22)31-16-10-13(2)19-21(34)32-26(33(19)23(16)35)8-6-25(27,28)7-9-26/h10,12,14H,3-9,11H2,1-2H3,(H,32,34)(H,29,30,31)/t14-/m0/s1. The first kappa shape index (κ1) is 24.9. The van der Waals surface area contributed by atoms with Crippen LogP contribution in [0.2, 0.25) is 0 Å². The molecular formula is C26H27F2N5O4S. The molecule has 2 N–H and O–H groups in total. The fourth-order valence-electron chi connectivity index (χ4n) is 6.02. The number of ether oxygens (including phenoxy) is 1. The average Bonchev–Trinajstić information content (AvgIpc) is 3.40. The van der Waals surface area contributed by atoms with Crippen molar-refractivity contribution in [2.45, 2.75) is 70.4 Å². The summed E-state index contributed by atoms with van der Waals surface area (Å²) in [5, 5.41) is 6.81. The number of thiophene rings is 1. The molecule has 0 saturated heterocycles. The van der Waals surface area contributed by atoms with Crippen LogP contribution in [0.15, 0.2) is 17.2 Å². The van der Waals surface area contributed by atoms with Crippen LogP contribution in [0.5, 0.6) is 0 Å². The van der Waals surface area contributed by atoms with Crippen molar-refractivity contribution in [1.82, 2.24) is 19.9 Å². The molecule has 1 saturated carbocycles. The van der Waals surface area contributed by atoms with Crippen molar-refractivity contribution in [3.05, 3.63) is 44.4 Å². The molecule has 1 fully saturated rings. The topological polar surface area (TPSA) is 115 Å². The highest BCUT2D eigenvalue weighted by atomic mass is 32.1. The Morgan fingerprint density at radius 2 is 2.03 bits per heavy atom. The van der Waals surface area contributed by atoms with E-state index in [2.05, 4.69) is 20.6 Å². The van der Waals surface area contributed by atoms with Gasteiger partial charge in [-0.05, 0) is 63.1 Å². The normalized spacial score (nSPS) is 21.2. The van der Waals surface area contributed by atoms with Crippen LogP contribution in [0.25, 0.3) is 10.2 Å². The quantitative estimate of drug-likeness (QED) is 0.475. The van der Waals surface area contributed by atoms with Crippen molar-refractivity contribution < 1.29 is 23.1 Å². The molecule has 3 aromatic heterocycles. The van der Waals surface area contributed by atoms with E-state index in [1.807, 2.05) is 0 Å². The van der Waals surface area contributed by atoms with E-state index in [4.69, 9.17) is 4.74 Å². The summed E-state index contributed by atoms with van der Waals surface area (Å²) >= 11 is 1.50. The first-order chi connectivity index (χ1) is 18.1. The lowest BCUT2D eigenvalue weighted by Crippen LogP contribution is -2.51. The highest BCUT2D eigenvalue weighted by Crippen LogP contribution is 2.44. The van der Waals surface area contributed by atoms with Crippen LogP contribution in [0.3, 0.4) is 0 Å². The molecule has 3 aliphatic rings. The number of nitrogens with zero attached hydrogens (tertiary/aromatic N) is 3. The van der Waals surface area contributed by atoms with Crippen LogP contribution in [0.1, 0.15) is 65.5 Å². The molecule has 1 atom stereocenters. The van der Waals surface area contributed by atoms with Crippen LogP contribution in [-0.4, -0.2) is 38.9 Å². The summed E-state index contributed by atoms with van der Waals surface area (Å²) in [4.78, 5) is 49.6. The van der Waals surface area contributed by atoms with Gasteiger partial charge in [0, 0.05) is 17.7 Å². The molecule has 0 aromatic carbocycles. The Bertz CT molecular complexity index is 1540. The van der Waals surface area contributed by atoms with Gasteiger partial charge in [-0.15, -0.1) is 11.3 Å². The van der Waals surface area contributed by atoms with Crippen molar-refractivity contribution >= 4 is 44.9 Å². The van der Waals surface area contributed by atoms with Gasteiger partial charge in [-0.3, -0.25) is 19.0 Å². The minimum absolute atomic E-state index is 0.0288. The highest BCUT2D eigenvalue weighted by molar-refractivity contribution is 7.19. The molecule has 4 heterocycles. The van der Waals surface area contributed by atoms with Crippen molar-refractivity contribution in [2.75, 3.05) is 11.9 Å². The van der Waals surface area contributed by atoms with Crippen LogP contribution in [-0.2, 0) is 28.0 Å². The summed E-state index contributed by atoms with van der Waals surface area (Å²) in [6.45, 7) is 3.86. The molecule has 1 spiro atoms. The number of anilines is 2. The van der Waals surface area contributed by atoms with Gasteiger partial charge in [0.2, 0.25) is 5.92 Å². The van der Waals surface area contributed by atoms with Crippen LogP contribution in [0, 0.1) is 12.8 Å². The zero-order valence-corrected chi connectivity index (χ0v) is 21.8. The average molecular weight is 544 g/mol. The fourth-order valence-corrected chi connectivity index (χ4v) is 7.29. The number of amides is 1. The third-order valence-electron chi connectivity index (χ3n) is 7.91. The van der Waals surface area contributed by atoms with Gasteiger partial charge in [-0.2, -0.15) is 0 Å². The van der Waals surface area contributed by atoms with Gasteiger partial charge >= 0.3 is 5.97 Å². The Kier molecular flexibility index (Phi) is 5.78. The monoisotopic (exact) mass is 543 g/mol. The van der Waals surface area contributed by atoms with Gasteiger partial charge < -0.3 is 15.4 Å². The number of fused-ring (bicyclic) bond motifs is 5. The largest absolute Gasteiger partial charge is 0.466 e. The number of hydrogen-bond donors (Lipinski definition) is 2. The molecule has 9 nitrogen and oxygen atoms in total. The second-order valence-electron chi connectivity index (χ2n) is 10.3. The molecule has 3 aromatic rings. The molecule has 0 unspecified atom stereocenters. The first-order valence-electron chi connectivity index (χ1n) is 12.8. The van der Waals surface area contributed by atoms with E-state index < -0.39 is 35.9 Å². The lowest BCUT2D eigenvalue weighted by atomic mass is 9.86. The Balaban J connectivity index is 1.39. The smallest absolute Gasteiger partial charge is 0.309 e. The molecule has 200 valence electrons. The van der Waals surface area contributed by atoms with Crippen molar-refractivity contribution in [3.8, 4) is 0 Å². The maximum Gasteiger partial charge on any atom is 0.309 e. The number of esters is 1. The third-order valence-corrected chi connectivity index (χ3v) is 9.07. The minimum Gasteiger partial charge on any atom is -0.466 e. The van der Waals surface area contributed by atoms with E-state index in [0.29, 0.717) is 37.3 Å². The van der Waals surface area contributed by atoms with Crippen molar-refractivity contribution in [2.24, 2.45) is 5.92 Å². The van der Waals surface area contributed by atoms with E-state index >= 15 is 0 Å². The molecule has 12 heteroatoms. The number of rotatable bonds is 4. The molecular weight excluding hydrogens is 516 g/mol. The number of alkyl halides is 2. The summed E-state index contributed by atoms with van der Waals surface area (Å²) in [7, 11) is 0. The first-order valence-corrected chi connectivity index (χ1v) is 13.6. The number of pyridine rings is 1. The summed E-state index contributed by atoms with van der Waals surface area (Å²) in [6.07, 6.45) is 2.41. The third kappa shape index (κ3) is 3.88. The predicted molar refractivity (Wildman–Crippen MR) is 137 cm³/mol. The van der Waals surface area contributed by atoms with Gasteiger partial charge in [-0.1, -0.05) is 0 Å². The fraction of sp³-hybridized carbons (Fsp3) is 0.500. The van der Waals surface area contributed by atoms with Crippen LogP contribution >= 0.6 is 11.3 Å². The molecule has 0 radical (unpaired) electrons. The van der Waals surface area contributed by atoms with Gasteiger partial charge in [0.1, 0.15) is 34.0 Å². The summed E-state index contributed by atoms with van der Waals surface area (Å²) < 4.78 is 34.5. The van der Waals surface area contributed by atoms with E-state index in [0.717, 1.165) is 20.7 Å². The Morgan fingerprint density at radius 1 is 1.26 bits per heavy atom. The lowest BCUT2D eigenvalue weighted by molar-refractivity contribution is -0.148. The molecule has 0 bridgehead atoms. The predicted octanol–water partition coefficient (Wildman–Crippen LogP) is 4.18. The van der Waals surface area contributed by atoms with Crippen LogP contribution in [0.4, 0.5) is 20.3 Å². The molecule has 1 aliphatic heterocycles. The Hall–Kier alpha value is -3.41. The van der Waals surface area contributed by atoms with Crippen LogP contribution < -0.4 is 16.2 Å². The summed E-state index contributed by atoms with van der Waals surface area (Å²) in [5.41, 5.74) is 0.393. The van der Waals surface area contributed by atoms with Gasteiger partial charge in [0.25, 0.3) is 11.5 Å². The number of aryl methyl sites for hydroxylation is 2. The lowest BCUT2D eigenvalue weighted by Gasteiger charge is -2.38.